The van der Waals surface area contributed by atoms with Gasteiger partial charge in [-0.15, -0.1) is 0 Å². The molecule has 0 bridgehead atoms. The lowest BCUT2D eigenvalue weighted by molar-refractivity contribution is 0.153. The van der Waals surface area contributed by atoms with Gasteiger partial charge in [-0.3, -0.25) is 0 Å². The van der Waals surface area contributed by atoms with Gasteiger partial charge in [0.15, 0.2) is 0 Å². The summed E-state index contributed by atoms with van der Waals surface area (Å²) in [6.45, 7) is 4.28. The predicted octanol–water partition coefficient (Wildman–Crippen LogP) is 12.3. The van der Waals surface area contributed by atoms with Gasteiger partial charge in [0.05, 0.1) is 0 Å². The van der Waals surface area contributed by atoms with E-state index in [0.29, 0.717) is 11.5 Å². The van der Waals surface area contributed by atoms with Gasteiger partial charge >= 0.3 is 6.16 Å². The van der Waals surface area contributed by atoms with Gasteiger partial charge in [-0.05, 0) is 104 Å². The van der Waals surface area contributed by atoms with Crippen LogP contribution in [0.2, 0.25) is 0 Å². The molecule has 0 fully saturated rings. The number of carbonyl (C=O) groups excluding carboxylic acids is 1. The van der Waals surface area contributed by atoms with Crippen LogP contribution in [0.4, 0.5) is 4.79 Å². The zero-order valence-corrected chi connectivity index (χ0v) is 27.0. The molecule has 0 saturated carbocycles. The van der Waals surface area contributed by atoms with Crippen molar-refractivity contribution in [1.29, 1.82) is 0 Å². The molecular formula is C45H34O3. The average Bonchev–Trinajstić information content (AvgIpc) is 3.13. The minimum atomic E-state index is -0.783. The molecule has 8 aromatic rings. The fourth-order valence-electron chi connectivity index (χ4n) is 6.67. The second kappa shape index (κ2) is 12.4. The standard InChI is InChI=1S/C45H34O3/c1-3-29-13-17-31(18-14-29)39-23-21-37-25-33-9-5-7-11-35(33)27-41(37)43(39)47-45(46)48-44-40(32-19-15-30(4-2)16-20-32)24-22-38-26-34-10-6-8-12-36(34)28-42(38)44/h5-28H,3-4H2,1-2H3. The first-order chi connectivity index (χ1) is 23.6. The van der Waals surface area contributed by atoms with Crippen LogP contribution in [0.25, 0.3) is 65.3 Å². The van der Waals surface area contributed by atoms with Crippen LogP contribution in [0, 0.1) is 0 Å². The van der Waals surface area contributed by atoms with E-state index in [1.54, 1.807) is 0 Å². The van der Waals surface area contributed by atoms with Crippen LogP contribution < -0.4 is 9.47 Å². The second-order valence-corrected chi connectivity index (χ2v) is 12.3. The number of rotatable bonds is 6. The van der Waals surface area contributed by atoms with Crippen LogP contribution in [0.3, 0.4) is 0 Å². The monoisotopic (exact) mass is 622 g/mol. The summed E-state index contributed by atoms with van der Waals surface area (Å²) < 4.78 is 12.7. The van der Waals surface area contributed by atoms with Gasteiger partial charge in [0.1, 0.15) is 11.5 Å². The van der Waals surface area contributed by atoms with Gasteiger partial charge in [-0.25, -0.2) is 4.79 Å². The van der Waals surface area contributed by atoms with E-state index in [2.05, 4.69) is 123 Å². The maximum absolute atomic E-state index is 14.1. The van der Waals surface area contributed by atoms with Crippen LogP contribution >= 0.6 is 0 Å². The first-order valence-corrected chi connectivity index (χ1v) is 16.6. The van der Waals surface area contributed by atoms with E-state index in [-0.39, 0.29) is 0 Å². The Morgan fingerprint density at radius 1 is 0.438 bits per heavy atom. The molecule has 0 heterocycles. The number of hydrogen-bond donors (Lipinski definition) is 0. The molecule has 3 nitrogen and oxygen atoms in total. The quantitative estimate of drug-likeness (QED) is 0.105. The molecule has 0 aromatic heterocycles. The van der Waals surface area contributed by atoms with Crippen molar-refractivity contribution in [2.24, 2.45) is 0 Å². The molecule has 0 N–H and O–H groups in total. The SMILES string of the molecule is CCc1ccc(-c2ccc3cc4ccccc4cc3c2OC(=O)Oc2c(-c3ccc(CC)cc3)ccc3cc4ccccc4cc23)cc1. The molecule has 0 unspecified atom stereocenters. The van der Waals surface area contributed by atoms with Crippen molar-refractivity contribution in [2.75, 3.05) is 0 Å². The normalized spacial score (nSPS) is 11.4. The summed E-state index contributed by atoms with van der Waals surface area (Å²) in [7, 11) is 0. The van der Waals surface area contributed by atoms with Crippen molar-refractivity contribution < 1.29 is 14.3 Å². The summed E-state index contributed by atoms with van der Waals surface area (Å²) in [5, 5.41) is 8.06. The molecule has 232 valence electrons. The molecule has 0 saturated heterocycles. The third kappa shape index (κ3) is 5.44. The number of ether oxygens (including phenoxy) is 2. The number of carbonyl (C=O) groups is 1. The predicted molar refractivity (Wildman–Crippen MR) is 199 cm³/mol. The Kier molecular flexibility index (Phi) is 7.58. The molecule has 8 rings (SSSR count). The van der Waals surface area contributed by atoms with E-state index < -0.39 is 6.16 Å². The Hall–Kier alpha value is -5.93. The van der Waals surface area contributed by atoms with Crippen LogP contribution in [0.5, 0.6) is 11.5 Å². The molecule has 48 heavy (non-hydrogen) atoms. The first-order valence-electron chi connectivity index (χ1n) is 16.6. The van der Waals surface area contributed by atoms with E-state index in [0.717, 1.165) is 78.2 Å². The summed E-state index contributed by atoms with van der Waals surface area (Å²) >= 11 is 0. The van der Waals surface area contributed by atoms with Gasteiger partial charge in [0, 0.05) is 21.9 Å². The van der Waals surface area contributed by atoms with Crippen molar-refractivity contribution >= 4 is 49.2 Å². The Morgan fingerprint density at radius 3 is 1.19 bits per heavy atom. The number of hydrogen-bond acceptors (Lipinski definition) is 3. The van der Waals surface area contributed by atoms with Crippen molar-refractivity contribution in [2.45, 2.75) is 26.7 Å². The molecule has 0 amide bonds. The van der Waals surface area contributed by atoms with Crippen molar-refractivity contribution in [1.82, 2.24) is 0 Å². The van der Waals surface area contributed by atoms with E-state index in [4.69, 9.17) is 9.47 Å². The second-order valence-electron chi connectivity index (χ2n) is 12.3. The summed E-state index contributed by atoms with van der Waals surface area (Å²) in [5.74, 6) is 0.957. The summed E-state index contributed by atoms with van der Waals surface area (Å²) in [5.41, 5.74) is 6.09. The maximum atomic E-state index is 14.1. The molecule has 0 aliphatic heterocycles. The van der Waals surface area contributed by atoms with Gasteiger partial charge in [0.25, 0.3) is 0 Å². The molecule has 0 radical (unpaired) electrons. The summed E-state index contributed by atoms with van der Waals surface area (Å²) in [4.78, 5) is 14.1. The largest absolute Gasteiger partial charge is 0.519 e. The van der Waals surface area contributed by atoms with Crippen LogP contribution in [-0.4, -0.2) is 6.16 Å². The highest BCUT2D eigenvalue weighted by Crippen LogP contribution is 2.42. The van der Waals surface area contributed by atoms with Crippen molar-refractivity contribution in [3.8, 4) is 33.8 Å². The number of benzene rings is 8. The highest BCUT2D eigenvalue weighted by atomic mass is 16.7. The Bertz CT molecular complexity index is 2300. The topological polar surface area (TPSA) is 35.5 Å². The molecule has 0 aliphatic rings. The van der Waals surface area contributed by atoms with Gasteiger partial charge in [-0.2, -0.15) is 0 Å². The average molecular weight is 623 g/mol. The highest BCUT2D eigenvalue weighted by Gasteiger charge is 2.21. The fraction of sp³-hybridized carbons (Fsp3) is 0.0889. The summed E-state index contributed by atoms with van der Waals surface area (Å²) in [6, 6.07) is 50.1. The minimum Gasteiger partial charge on any atom is -0.393 e. The third-order valence-electron chi connectivity index (χ3n) is 9.39. The van der Waals surface area contributed by atoms with E-state index >= 15 is 0 Å². The maximum Gasteiger partial charge on any atom is 0.519 e. The zero-order chi connectivity index (χ0) is 32.6. The van der Waals surface area contributed by atoms with E-state index in [1.807, 2.05) is 36.4 Å². The third-order valence-corrected chi connectivity index (χ3v) is 9.39. The van der Waals surface area contributed by atoms with Crippen LogP contribution in [-0.2, 0) is 12.8 Å². The zero-order valence-electron chi connectivity index (χ0n) is 27.0. The Morgan fingerprint density at radius 2 is 0.812 bits per heavy atom. The lowest BCUT2D eigenvalue weighted by Gasteiger charge is -2.17. The van der Waals surface area contributed by atoms with Crippen LogP contribution in [0.15, 0.2) is 146 Å². The molecule has 3 heteroatoms. The first kappa shape index (κ1) is 29.5. The molecule has 0 atom stereocenters. The van der Waals surface area contributed by atoms with E-state index in [9.17, 15) is 4.79 Å². The Labute approximate surface area is 280 Å². The highest BCUT2D eigenvalue weighted by molar-refractivity contribution is 6.06. The van der Waals surface area contributed by atoms with Gasteiger partial charge < -0.3 is 9.47 Å². The fourth-order valence-corrected chi connectivity index (χ4v) is 6.67. The minimum absolute atomic E-state index is 0.479. The van der Waals surface area contributed by atoms with E-state index in [1.165, 1.54) is 11.1 Å². The van der Waals surface area contributed by atoms with Gasteiger partial charge in [-0.1, -0.05) is 123 Å². The molecule has 8 aromatic carbocycles. The van der Waals surface area contributed by atoms with Crippen molar-refractivity contribution in [3.63, 3.8) is 0 Å². The Balaban J connectivity index is 1.27. The lowest BCUT2D eigenvalue weighted by Crippen LogP contribution is -2.15. The smallest absolute Gasteiger partial charge is 0.393 e. The number of aryl methyl sites for hydroxylation is 2. The number of fused-ring (bicyclic) bond motifs is 4. The molecular weight excluding hydrogens is 588 g/mol. The van der Waals surface area contributed by atoms with Crippen molar-refractivity contribution in [3.05, 3.63) is 157 Å². The molecule has 0 spiro atoms. The lowest BCUT2D eigenvalue weighted by atomic mass is 9.96. The molecule has 0 aliphatic carbocycles. The van der Waals surface area contributed by atoms with Gasteiger partial charge in [0.2, 0.25) is 0 Å². The summed E-state index contributed by atoms with van der Waals surface area (Å²) in [6.07, 6.45) is 1.11. The van der Waals surface area contributed by atoms with Crippen LogP contribution in [0.1, 0.15) is 25.0 Å².